The first kappa shape index (κ1) is 19.2. The van der Waals surface area contributed by atoms with E-state index >= 15 is 0 Å². The number of hydrogen-bond donors (Lipinski definition) is 0. The van der Waals surface area contributed by atoms with Crippen LogP contribution < -0.4 is 5.69 Å². The average molecular weight is 436 g/mol. The van der Waals surface area contributed by atoms with Gasteiger partial charge in [-0.05, 0) is 42.8 Å². The highest BCUT2D eigenvalue weighted by molar-refractivity contribution is 6.04. The van der Waals surface area contributed by atoms with E-state index in [1.54, 1.807) is 37.9 Å². The van der Waals surface area contributed by atoms with Crippen LogP contribution >= 0.6 is 0 Å². The number of rotatable bonds is 3. The van der Waals surface area contributed by atoms with Crippen LogP contribution in [0.3, 0.4) is 0 Å². The highest BCUT2D eigenvalue weighted by atomic mass is 16.1. The first-order chi connectivity index (χ1) is 16.0. The van der Waals surface area contributed by atoms with E-state index in [4.69, 9.17) is 0 Å². The Hall–Kier alpha value is -4.53. The van der Waals surface area contributed by atoms with Gasteiger partial charge < -0.3 is 0 Å². The van der Waals surface area contributed by atoms with Crippen molar-refractivity contribution in [2.75, 3.05) is 0 Å². The number of aromatic nitrogens is 8. The van der Waals surface area contributed by atoms with Gasteiger partial charge in [0, 0.05) is 49.8 Å². The molecule has 0 aliphatic heterocycles. The zero-order valence-corrected chi connectivity index (χ0v) is 18.3. The highest BCUT2D eigenvalue weighted by Crippen LogP contribution is 2.30. The van der Waals surface area contributed by atoms with Crippen molar-refractivity contribution in [2.24, 2.45) is 14.1 Å². The summed E-state index contributed by atoms with van der Waals surface area (Å²) in [6.07, 6.45) is 9.02. The third kappa shape index (κ3) is 2.89. The molecule has 6 rings (SSSR count). The van der Waals surface area contributed by atoms with Crippen molar-refractivity contribution < 1.29 is 0 Å². The predicted octanol–water partition coefficient (Wildman–Crippen LogP) is 3.17. The smallest absolute Gasteiger partial charge is 0.293 e. The van der Waals surface area contributed by atoms with E-state index in [9.17, 15) is 4.79 Å². The molecule has 0 radical (unpaired) electrons. The summed E-state index contributed by atoms with van der Waals surface area (Å²) in [4.78, 5) is 22.4. The van der Waals surface area contributed by atoms with Gasteiger partial charge in [0.1, 0.15) is 0 Å². The molecule has 0 fully saturated rings. The monoisotopic (exact) mass is 436 g/mol. The molecule has 0 saturated carbocycles. The Morgan fingerprint density at radius 1 is 0.970 bits per heavy atom. The molecule has 0 bridgehead atoms. The lowest BCUT2D eigenvalue weighted by Gasteiger charge is -2.08. The van der Waals surface area contributed by atoms with Crippen LogP contribution in [0.4, 0.5) is 0 Å². The van der Waals surface area contributed by atoms with E-state index in [0.29, 0.717) is 0 Å². The molecule has 0 aliphatic carbocycles. The van der Waals surface area contributed by atoms with Crippen LogP contribution in [0.1, 0.15) is 5.69 Å². The summed E-state index contributed by atoms with van der Waals surface area (Å²) >= 11 is 0. The molecule has 0 N–H and O–H groups in total. The zero-order valence-electron chi connectivity index (χ0n) is 18.3. The Morgan fingerprint density at radius 2 is 1.82 bits per heavy atom. The minimum Gasteiger partial charge on any atom is -0.293 e. The number of nitrogens with zero attached hydrogens (tertiary/aromatic N) is 8. The first-order valence-electron chi connectivity index (χ1n) is 10.5. The fraction of sp³-hybridized carbons (Fsp3) is 0.125. The summed E-state index contributed by atoms with van der Waals surface area (Å²) in [6.45, 7) is 1.91. The van der Waals surface area contributed by atoms with Crippen molar-refractivity contribution in [3.8, 4) is 22.6 Å². The van der Waals surface area contributed by atoms with Crippen LogP contribution in [0.2, 0.25) is 0 Å². The maximum absolute atomic E-state index is 13.2. The largest absolute Gasteiger partial charge is 0.333 e. The standard InChI is InChI=1S/C24H20N8O/c1-15-21(14-29(2)28-15)32-23-18-11-16(5-7-19(18)25-13-20(23)30(3)24(32)33)17-6-8-22(26-12-17)31-10-4-9-27-31/h4-14H,1-3H3. The summed E-state index contributed by atoms with van der Waals surface area (Å²) in [5.74, 6) is 0.748. The van der Waals surface area contributed by atoms with Crippen LogP contribution in [0.15, 0.2) is 72.2 Å². The molecule has 0 amide bonds. The van der Waals surface area contributed by atoms with Gasteiger partial charge in [-0.2, -0.15) is 10.2 Å². The molecule has 0 unspecified atom stereocenters. The van der Waals surface area contributed by atoms with E-state index in [0.717, 1.165) is 50.3 Å². The molecular weight excluding hydrogens is 416 g/mol. The minimum absolute atomic E-state index is 0.133. The van der Waals surface area contributed by atoms with Crippen LogP contribution in [0.5, 0.6) is 0 Å². The van der Waals surface area contributed by atoms with Gasteiger partial charge in [-0.25, -0.2) is 14.5 Å². The second-order valence-electron chi connectivity index (χ2n) is 8.03. The number of imidazole rings is 1. The lowest BCUT2D eigenvalue weighted by atomic mass is 10.0. The Bertz CT molecular complexity index is 1700. The molecule has 0 saturated heterocycles. The normalized spacial score (nSPS) is 11.6. The van der Waals surface area contributed by atoms with Crippen molar-refractivity contribution in [2.45, 2.75) is 6.92 Å². The molecule has 6 aromatic rings. The SMILES string of the molecule is Cc1nn(C)cc1-n1c(=O)n(C)c2cnc3ccc(-c4ccc(-n5cccn5)nc4)cc3c21. The summed E-state index contributed by atoms with van der Waals surface area (Å²) in [6, 6.07) is 11.9. The maximum atomic E-state index is 13.2. The highest BCUT2D eigenvalue weighted by Gasteiger charge is 2.19. The number of pyridine rings is 2. The van der Waals surface area contributed by atoms with Crippen molar-refractivity contribution >= 4 is 21.9 Å². The lowest BCUT2D eigenvalue weighted by Crippen LogP contribution is -2.21. The van der Waals surface area contributed by atoms with Gasteiger partial charge in [0.2, 0.25) is 0 Å². The molecule has 0 atom stereocenters. The molecule has 162 valence electrons. The van der Waals surface area contributed by atoms with E-state index in [-0.39, 0.29) is 5.69 Å². The maximum Gasteiger partial charge on any atom is 0.333 e. The van der Waals surface area contributed by atoms with Crippen molar-refractivity contribution in [1.29, 1.82) is 0 Å². The molecule has 0 aliphatic rings. The fourth-order valence-electron chi connectivity index (χ4n) is 4.30. The van der Waals surface area contributed by atoms with Crippen molar-refractivity contribution in [3.63, 3.8) is 0 Å². The lowest BCUT2D eigenvalue weighted by molar-refractivity contribution is 0.756. The van der Waals surface area contributed by atoms with Gasteiger partial charge in [-0.3, -0.25) is 18.8 Å². The number of aryl methyl sites for hydroxylation is 3. The molecule has 5 heterocycles. The Morgan fingerprint density at radius 3 is 2.52 bits per heavy atom. The molecule has 0 spiro atoms. The van der Waals surface area contributed by atoms with Crippen LogP contribution in [0.25, 0.3) is 44.6 Å². The van der Waals surface area contributed by atoms with Crippen LogP contribution in [-0.4, -0.2) is 38.7 Å². The fourth-order valence-corrected chi connectivity index (χ4v) is 4.30. The van der Waals surface area contributed by atoms with Crippen molar-refractivity contribution in [3.05, 3.63) is 83.6 Å². The van der Waals surface area contributed by atoms with Gasteiger partial charge in [0.25, 0.3) is 0 Å². The molecular formula is C24H20N8O. The Balaban J connectivity index is 1.59. The molecule has 1 aromatic carbocycles. The van der Waals surface area contributed by atoms with Gasteiger partial charge in [-0.15, -0.1) is 0 Å². The number of benzene rings is 1. The minimum atomic E-state index is -0.133. The van der Waals surface area contributed by atoms with E-state index in [1.807, 2.05) is 62.9 Å². The van der Waals surface area contributed by atoms with E-state index in [2.05, 4.69) is 26.2 Å². The van der Waals surface area contributed by atoms with Gasteiger partial charge in [-0.1, -0.05) is 6.07 Å². The van der Waals surface area contributed by atoms with Crippen LogP contribution in [0, 0.1) is 6.92 Å². The third-order valence-electron chi connectivity index (χ3n) is 5.93. The van der Waals surface area contributed by atoms with Gasteiger partial charge in [0.15, 0.2) is 5.82 Å². The Kier molecular flexibility index (Phi) is 4.06. The second-order valence-corrected chi connectivity index (χ2v) is 8.03. The number of fused-ring (bicyclic) bond motifs is 3. The zero-order chi connectivity index (χ0) is 22.7. The van der Waals surface area contributed by atoms with E-state index in [1.165, 1.54) is 0 Å². The molecule has 9 heteroatoms. The molecule has 33 heavy (non-hydrogen) atoms. The summed E-state index contributed by atoms with van der Waals surface area (Å²) in [5.41, 5.74) is 5.75. The quantitative estimate of drug-likeness (QED) is 0.425. The second kappa shape index (κ2) is 6.99. The van der Waals surface area contributed by atoms with Crippen molar-refractivity contribution in [1.82, 2.24) is 38.7 Å². The van der Waals surface area contributed by atoms with Gasteiger partial charge >= 0.3 is 5.69 Å². The van der Waals surface area contributed by atoms with Crippen LogP contribution in [-0.2, 0) is 14.1 Å². The topological polar surface area (TPSA) is 88.4 Å². The third-order valence-corrected chi connectivity index (χ3v) is 5.93. The first-order valence-corrected chi connectivity index (χ1v) is 10.5. The summed E-state index contributed by atoms with van der Waals surface area (Å²) < 4.78 is 6.79. The molecule has 9 nitrogen and oxygen atoms in total. The average Bonchev–Trinajstić information content (AvgIpc) is 3.53. The summed E-state index contributed by atoms with van der Waals surface area (Å²) in [7, 11) is 3.62. The van der Waals surface area contributed by atoms with E-state index < -0.39 is 0 Å². The predicted molar refractivity (Wildman–Crippen MR) is 126 cm³/mol. The molecule has 5 aromatic heterocycles. The Labute approximate surface area is 188 Å². The van der Waals surface area contributed by atoms with Gasteiger partial charge in [0.05, 0.1) is 34.1 Å². The summed E-state index contributed by atoms with van der Waals surface area (Å²) in [5, 5.41) is 9.55. The number of hydrogen-bond acceptors (Lipinski definition) is 5.